The van der Waals surface area contributed by atoms with Crippen LogP contribution in [0, 0.1) is 17.8 Å². The van der Waals surface area contributed by atoms with Gasteiger partial charge in [-0.3, -0.25) is 14.4 Å². The van der Waals surface area contributed by atoms with Crippen molar-refractivity contribution in [3.8, 4) is 5.75 Å². The topological polar surface area (TPSA) is 108 Å². The third-order valence-electron chi connectivity index (χ3n) is 8.18. The number of aliphatic hydroxyl groups excluding tert-OH is 1. The summed E-state index contributed by atoms with van der Waals surface area (Å²) in [6, 6.07) is 12.7. The highest BCUT2D eigenvalue weighted by molar-refractivity contribution is 8.02. The van der Waals surface area contributed by atoms with Crippen molar-refractivity contribution in [3.05, 3.63) is 53.6 Å². The van der Waals surface area contributed by atoms with Crippen molar-refractivity contribution < 1.29 is 24.2 Å². The number of amides is 3. The fraction of sp³-hybridized carbons (Fsp3) is 0.500. The number of nitrogens with zero attached hydrogens (tertiary/aromatic N) is 1. The number of fused-ring (bicyclic) bond motifs is 1. The van der Waals surface area contributed by atoms with Crippen LogP contribution in [0.2, 0.25) is 5.02 Å². The van der Waals surface area contributed by atoms with Gasteiger partial charge in [-0.15, -0.1) is 11.8 Å². The molecule has 2 unspecified atom stereocenters. The van der Waals surface area contributed by atoms with Gasteiger partial charge in [-0.05, 0) is 80.6 Å². The van der Waals surface area contributed by atoms with Gasteiger partial charge in [0.25, 0.3) is 0 Å². The molecule has 3 fully saturated rings. The lowest BCUT2D eigenvalue weighted by atomic mass is 9.70. The number of ether oxygens (including phenoxy) is 1. The molecule has 3 saturated heterocycles. The van der Waals surface area contributed by atoms with Crippen molar-refractivity contribution >= 4 is 52.5 Å². The van der Waals surface area contributed by atoms with Crippen LogP contribution >= 0.6 is 23.4 Å². The summed E-state index contributed by atoms with van der Waals surface area (Å²) in [6.45, 7) is 6.25. The number of carbonyl (C=O) groups is 3. The van der Waals surface area contributed by atoms with Gasteiger partial charge in [0.2, 0.25) is 17.7 Å². The van der Waals surface area contributed by atoms with Crippen LogP contribution in [-0.4, -0.2) is 63.0 Å². The molecule has 2 aromatic carbocycles. The molecular formula is C30H36ClN3O5S. The van der Waals surface area contributed by atoms with E-state index in [1.165, 1.54) is 0 Å². The van der Waals surface area contributed by atoms with E-state index in [1.54, 1.807) is 65.2 Å². The molecule has 2 aromatic rings. The van der Waals surface area contributed by atoms with Gasteiger partial charge < -0.3 is 25.4 Å². The molecule has 6 atom stereocenters. The Kier molecular flexibility index (Phi) is 8.36. The third-order valence-corrected chi connectivity index (χ3v) is 10.4. The van der Waals surface area contributed by atoms with E-state index in [-0.39, 0.29) is 35.5 Å². The van der Waals surface area contributed by atoms with Crippen LogP contribution < -0.4 is 15.4 Å². The van der Waals surface area contributed by atoms with Crippen molar-refractivity contribution in [2.45, 2.75) is 62.1 Å². The van der Waals surface area contributed by atoms with Gasteiger partial charge in [-0.25, -0.2) is 0 Å². The monoisotopic (exact) mass is 585 g/mol. The largest absolute Gasteiger partial charge is 0.494 e. The lowest BCUT2D eigenvalue weighted by Crippen LogP contribution is -2.55. The maximum atomic E-state index is 14.3. The first-order valence-corrected chi connectivity index (χ1v) is 15.1. The summed E-state index contributed by atoms with van der Waals surface area (Å²) in [5.74, 6) is -1.06. The fourth-order valence-electron chi connectivity index (χ4n) is 6.67. The number of nitrogens with one attached hydrogen (secondary N) is 2. The van der Waals surface area contributed by atoms with Crippen molar-refractivity contribution in [2.24, 2.45) is 17.8 Å². The summed E-state index contributed by atoms with van der Waals surface area (Å²) in [4.78, 5) is 43.6. The molecule has 3 aliphatic rings. The normalized spacial score (nSPS) is 27.6. The van der Waals surface area contributed by atoms with Crippen LogP contribution in [0.1, 0.15) is 40.0 Å². The Balaban J connectivity index is 1.46. The summed E-state index contributed by atoms with van der Waals surface area (Å²) < 4.78 is 4.75. The second-order valence-corrected chi connectivity index (χ2v) is 13.2. The number of carbonyl (C=O) groups excluding carboxylic acids is 3. The minimum Gasteiger partial charge on any atom is -0.494 e. The standard InChI is InChI=1S/C30H36ClN3O5S/c1-4-39-22-11-9-20(10-12-22)32-27(36)24-23-13-14-30(40-23)25(24)29(38)34(21(16-35)15-17(2)3)26(30)28(37)33-19-7-5-18(31)6-8-19/h5-12,17,21,23-26,35H,4,13-16H2,1-3H3,(H,32,36)(H,33,37)/t21-,23-,24+,25+,26?,30?/m1/s1. The predicted molar refractivity (Wildman–Crippen MR) is 158 cm³/mol. The first-order valence-electron chi connectivity index (χ1n) is 13.9. The van der Waals surface area contributed by atoms with E-state index < -0.39 is 28.7 Å². The molecule has 3 amide bonds. The molecule has 1 spiro atoms. The Bertz CT molecular complexity index is 1260. The van der Waals surface area contributed by atoms with Crippen LogP contribution in [0.15, 0.2) is 48.5 Å². The minimum atomic E-state index is -0.810. The summed E-state index contributed by atoms with van der Waals surface area (Å²) >= 11 is 7.64. The highest BCUT2D eigenvalue weighted by atomic mass is 35.5. The van der Waals surface area contributed by atoms with E-state index in [9.17, 15) is 19.5 Å². The number of halogens is 1. The second-order valence-electron chi connectivity index (χ2n) is 11.2. The van der Waals surface area contributed by atoms with Crippen molar-refractivity contribution in [3.63, 3.8) is 0 Å². The molecule has 214 valence electrons. The summed E-state index contributed by atoms with van der Waals surface area (Å²) in [6.07, 6.45) is 1.94. The van der Waals surface area contributed by atoms with Crippen molar-refractivity contribution in [1.82, 2.24) is 4.90 Å². The number of aliphatic hydroxyl groups is 1. The van der Waals surface area contributed by atoms with Gasteiger partial charge in [0.05, 0.1) is 35.8 Å². The molecule has 8 nitrogen and oxygen atoms in total. The van der Waals surface area contributed by atoms with Gasteiger partial charge in [-0.2, -0.15) is 0 Å². The molecule has 0 aliphatic carbocycles. The number of likely N-dealkylation sites (tertiary alicyclic amines) is 1. The van der Waals surface area contributed by atoms with Crippen LogP contribution in [0.3, 0.4) is 0 Å². The Labute approximate surface area is 244 Å². The van der Waals surface area contributed by atoms with Crippen LogP contribution in [0.25, 0.3) is 0 Å². The SMILES string of the molecule is CCOc1ccc(NC(=O)[C@@H]2[C@H]3C(=O)N([C@@H](CO)CC(C)C)C(C(=O)Nc4ccc(Cl)cc4)C34CC[C@H]2S4)cc1. The first kappa shape index (κ1) is 28.8. The average Bonchev–Trinajstić information content (AvgIpc) is 3.57. The zero-order chi connectivity index (χ0) is 28.6. The Hall–Kier alpha value is -2.75. The van der Waals surface area contributed by atoms with Crippen molar-refractivity contribution in [1.29, 1.82) is 0 Å². The highest BCUT2D eigenvalue weighted by Crippen LogP contribution is 2.66. The Morgan fingerprint density at radius 3 is 2.33 bits per heavy atom. The van der Waals surface area contributed by atoms with Gasteiger partial charge in [-0.1, -0.05) is 25.4 Å². The molecule has 0 aromatic heterocycles. The number of hydrogen-bond donors (Lipinski definition) is 3. The first-order chi connectivity index (χ1) is 19.2. The number of hydrogen-bond acceptors (Lipinski definition) is 6. The lowest BCUT2D eigenvalue weighted by molar-refractivity contribution is -0.141. The van der Waals surface area contributed by atoms with Crippen LogP contribution in [0.4, 0.5) is 11.4 Å². The maximum absolute atomic E-state index is 14.3. The molecule has 0 radical (unpaired) electrons. The molecule has 3 N–H and O–H groups in total. The van der Waals surface area contributed by atoms with Crippen LogP contribution in [0.5, 0.6) is 5.75 Å². The third kappa shape index (κ3) is 5.19. The quantitative estimate of drug-likeness (QED) is 0.369. The Morgan fingerprint density at radius 2 is 1.73 bits per heavy atom. The van der Waals surface area contributed by atoms with E-state index in [0.29, 0.717) is 41.6 Å². The minimum absolute atomic E-state index is 0.0673. The smallest absolute Gasteiger partial charge is 0.248 e. The average molecular weight is 586 g/mol. The van der Waals surface area contributed by atoms with E-state index in [2.05, 4.69) is 10.6 Å². The van der Waals surface area contributed by atoms with E-state index in [1.807, 2.05) is 20.8 Å². The highest BCUT2D eigenvalue weighted by Gasteiger charge is 2.74. The van der Waals surface area contributed by atoms with Crippen molar-refractivity contribution in [2.75, 3.05) is 23.8 Å². The fourth-order valence-corrected chi connectivity index (χ4v) is 9.01. The number of thioether (sulfide) groups is 1. The summed E-state index contributed by atoms with van der Waals surface area (Å²) in [5, 5.41) is 16.9. The summed E-state index contributed by atoms with van der Waals surface area (Å²) in [5.41, 5.74) is 1.20. The number of rotatable bonds is 10. The van der Waals surface area contributed by atoms with E-state index in [4.69, 9.17) is 16.3 Å². The number of benzene rings is 2. The van der Waals surface area contributed by atoms with Gasteiger partial charge in [0.15, 0.2) is 0 Å². The Morgan fingerprint density at radius 1 is 1.10 bits per heavy atom. The maximum Gasteiger partial charge on any atom is 0.248 e. The van der Waals surface area contributed by atoms with E-state index in [0.717, 1.165) is 6.42 Å². The van der Waals surface area contributed by atoms with Gasteiger partial charge in [0, 0.05) is 21.6 Å². The molecule has 5 rings (SSSR count). The number of anilines is 2. The van der Waals surface area contributed by atoms with E-state index >= 15 is 0 Å². The summed E-state index contributed by atoms with van der Waals surface area (Å²) in [7, 11) is 0. The zero-order valence-electron chi connectivity index (χ0n) is 22.9. The zero-order valence-corrected chi connectivity index (χ0v) is 24.5. The molecule has 10 heteroatoms. The van der Waals surface area contributed by atoms with Gasteiger partial charge in [0.1, 0.15) is 11.8 Å². The molecule has 3 aliphatic heterocycles. The molecule has 3 heterocycles. The lowest BCUT2D eigenvalue weighted by Gasteiger charge is -2.37. The second kappa shape index (κ2) is 11.6. The predicted octanol–water partition coefficient (Wildman–Crippen LogP) is 4.81. The molecular weight excluding hydrogens is 550 g/mol. The van der Waals surface area contributed by atoms with Gasteiger partial charge >= 0.3 is 0 Å². The molecule has 0 saturated carbocycles. The van der Waals surface area contributed by atoms with Crippen LogP contribution in [-0.2, 0) is 14.4 Å². The molecule has 2 bridgehead atoms. The molecule has 40 heavy (non-hydrogen) atoms.